The Morgan fingerprint density at radius 3 is 2.59 bits per heavy atom. The van der Waals surface area contributed by atoms with Crippen LogP contribution in [0.15, 0.2) is 30.5 Å². The third-order valence-electron chi connectivity index (χ3n) is 3.32. The molecule has 2 aromatic rings. The maximum Gasteiger partial charge on any atom is 0.0991 e. The molecule has 0 fully saturated rings. The minimum atomic E-state index is 0.723. The molecule has 0 aliphatic carbocycles. The molecule has 0 saturated heterocycles. The third-order valence-corrected chi connectivity index (χ3v) is 3.32. The van der Waals surface area contributed by atoms with Gasteiger partial charge in [-0.1, -0.05) is 12.1 Å². The SMILES string of the molecule is Cc1cn(Cc2cccc(C#N)c2)c(C)c1C. The minimum Gasteiger partial charge on any atom is -0.347 e. The van der Waals surface area contributed by atoms with Crippen molar-refractivity contribution in [2.24, 2.45) is 0 Å². The van der Waals surface area contributed by atoms with E-state index in [0.29, 0.717) is 0 Å². The Morgan fingerprint density at radius 1 is 1.24 bits per heavy atom. The highest BCUT2D eigenvalue weighted by Crippen LogP contribution is 2.16. The molecule has 0 aliphatic heterocycles. The van der Waals surface area contributed by atoms with Gasteiger partial charge in [-0.3, -0.25) is 0 Å². The fraction of sp³-hybridized carbons (Fsp3) is 0.267. The summed E-state index contributed by atoms with van der Waals surface area (Å²) in [6.45, 7) is 7.24. The molecule has 1 heterocycles. The molecule has 86 valence electrons. The second-order valence-corrected chi connectivity index (χ2v) is 4.46. The highest BCUT2D eigenvalue weighted by Gasteiger charge is 2.05. The second kappa shape index (κ2) is 4.47. The van der Waals surface area contributed by atoms with Gasteiger partial charge < -0.3 is 4.57 Å². The summed E-state index contributed by atoms with van der Waals surface area (Å²) in [5, 5.41) is 8.87. The fourth-order valence-electron chi connectivity index (χ4n) is 2.03. The Balaban J connectivity index is 2.32. The van der Waals surface area contributed by atoms with Crippen LogP contribution in [-0.2, 0) is 6.54 Å². The predicted octanol–water partition coefficient (Wildman–Crippen LogP) is 3.33. The average Bonchev–Trinajstić information content (AvgIpc) is 2.57. The lowest BCUT2D eigenvalue weighted by atomic mass is 10.1. The minimum absolute atomic E-state index is 0.723. The van der Waals surface area contributed by atoms with Crippen molar-refractivity contribution in [2.45, 2.75) is 27.3 Å². The lowest BCUT2D eigenvalue weighted by Gasteiger charge is -2.07. The molecule has 0 bridgehead atoms. The zero-order valence-corrected chi connectivity index (χ0v) is 10.5. The van der Waals surface area contributed by atoms with E-state index in [2.05, 4.69) is 43.7 Å². The van der Waals surface area contributed by atoms with Gasteiger partial charge in [0.15, 0.2) is 0 Å². The third kappa shape index (κ3) is 2.24. The van der Waals surface area contributed by atoms with Crippen molar-refractivity contribution in [1.82, 2.24) is 4.57 Å². The summed E-state index contributed by atoms with van der Waals surface area (Å²) < 4.78 is 2.24. The molecule has 0 N–H and O–H groups in total. The van der Waals surface area contributed by atoms with E-state index in [0.717, 1.165) is 12.1 Å². The van der Waals surface area contributed by atoms with Crippen molar-refractivity contribution in [2.75, 3.05) is 0 Å². The molecule has 0 aliphatic rings. The molecule has 2 rings (SSSR count). The zero-order valence-electron chi connectivity index (χ0n) is 10.5. The number of aromatic nitrogens is 1. The van der Waals surface area contributed by atoms with Gasteiger partial charge in [-0.2, -0.15) is 5.26 Å². The summed E-state index contributed by atoms with van der Waals surface area (Å²) in [5.74, 6) is 0. The van der Waals surface area contributed by atoms with Crippen LogP contribution in [0.2, 0.25) is 0 Å². The van der Waals surface area contributed by atoms with Crippen LogP contribution >= 0.6 is 0 Å². The Bertz CT molecular complexity index is 585. The first-order chi connectivity index (χ1) is 8.11. The van der Waals surface area contributed by atoms with Gasteiger partial charge in [0.25, 0.3) is 0 Å². The molecule has 1 aromatic carbocycles. The monoisotopic (exact) mass is 224 g/mol. The molecule has 0 amide bonds. The van der Waals surface area contributed by atoms with Crippen LogP contribution in [0.3, 0.4) is 0 Å². The van der Waals surface area contributed by atoms with Crippen LogP contribution in [0.25, 0.3) is 0 Å². The number of aryl methyl sites for hydroxylation is 1. The molecular formula is C15H16N2. The number of benzene rings is 1. The van der Waals surface area contributed by atoms with Gasteiger partial charge in [0.1, 0.15) is 0 Å². The van der Waals surface area contributed by atoms with Crippen molar-refractivity contribution in [1.29, 1.82) is 5.26 Å². The maximum atomic E-state index is 8.87. The van der Waals surface area contributed by atoms with Gasteiger partial charge in [0.2, 0.25) is 0 Å². The van der Waals surface area contributed by atoms with Crippen LogP contribution in [0.1, 0.15) is 27.9 Å². The normalized spacial score (nSPS) is 10.2. The van der Waals surface area contributed by atoms with Crippen molar-refractivity contribution in [3.63, 3.8) is 0 Å². The van der Waals surface area contributed by atoms with E-state index in [1.807, 2.05) is 18.2 Å². The summed E-state index contributed by atoms with van der Waals surface area (Å²) in [6.07, 6.45) is 2.17. The van der Waals surface area contributed by atoms with Crippen LogP contribution < -0.4 is 0 Å². The smallest absolute Gasteiger partial charge is 0.0991 e. The summed E-state index contributed by atoms with van der Waals surface area (Å²) in [4.78, 5) is 0. The maximum absolute atomic E-state index is 8.87. The Morgan fingerprint density at radius 2 is 2.00 bits per heavy atom. The molecule has 0 saturated carbocycles. The van der Waals surface area contributed by atoms with Gasteiger partial charge in [0.05, 0.1) is 11.6 Å². The summed E-state index contributed by atoms with van der Waals surface area (Å²) in [7, 11) is 0. The largest absolute Gasteiger partial charge is 0.347 e. The standard InChI is InChI=1S/C15H16N2/c1-11-9-17(13(3)12(11)2)10-15-6-4-5-14(7-15)8-16/h4-7,9H,10H2,1-3H3. The van der Waals surface area contributed by atoms with Gasteiger partial charge in [-0.05, 0) is 49.6 Å². The van der Waals surface area contributed by atoms with Crippen LogP contribution in [0, 0.1) is 32.1 Å². The number of nitrogens with zero attached hydrogens (tertiary/aromatic N) is 2. The van der Waals surface area contributed by atoms with Gasteiger partial charge >= 0.3 is 0 Å². The van der Waals surface area contributed by atoms with E-state index in [1.165, 1.54) is 22.4 Å². The highest BCUT2D eigenvalue weighted by atomic mass is 15.0. The summed E-state index contributed by atoms with van der Waals surface area (Å²) >= 11 is 0. The number of hydrogen-bond acceptors (Lipinski definition) is 1. The molecule has 1 aromatic heterocycles. The lowest BCUT2D eigenvalue weighted by molar-refractivity contribution is 0.772. The first kappa shape index (κ1) is 11.5. The molecule has 0 radical (unpaired) electrons. The number of nitriles is 1. The van der Waals surface area contributed by atoms with Crippen molar-refractivity contribution in [3.8, 4) is 6.07 Å². The van der Waals surface area contributed by atoms with Crippen LogP contribution in [-0.4, -0.2) is 4.57 Å². The zero-order chi connectivity index (χ0) is 12.4. The Hall–Kier alpha value is -2.01. The van der Waals surface area contributed by atoms with E-state index < -0.39 is 0 Å². The molecule has 2 nitrogen and oxygen atoms in total. The van der Waals surface area contributed by atoms with Gasteiger partial charge in [-0.15, -0.1) is 0 Å². The molecule has 0 unspecified atom stereocenters. The topological polar surface area (TPSA) is 28.7 Å². The number of hydrogen-bond donors (Lipinski definition) is 0. The molecule has 0 atom stereocenters. The van der Waals surface area contributed by atoms with Crippen LogP contribution in [0.5, 0.6) is 0 Å². The van der Waals surface area contributed by atoms with Gasteiger partial charge in [-0.25, -0.2) is 0 Å². The van der Waals surface area contributed by atoms with E-state index in [9.17, 15) is 0 Å². The van der Waals surface area contributed by atoms with Crippen molar-refractivity contribution in [3.05, 3.63) is 58.4 Å². The number of rotatable bonds is 2. The van der Waals surface area contributed by atoms with E-state index in [-0.39, 0.29) is 0 Å². The molecular weight excluding hydrogens is 208 g/mol. The second-order valence-electron chi connectivity index (χ2n) is 4.46. The highest BCUT2D eigenvalue weighted by molar-refractivity contribution is 5.34. The predicted molar refractivity (Wildman–Crippen MR) is 68.9 cm³/mol. The first-order valence-corrected chi connectivity index (χ1v) is 5.74. The molecule has 0 spiro atoms. The Kier molecular flexibility index (Phi) is 3.01. The summed E-state index contributed by atoms with van der Waals surface area (Å²) in [5.41, 5.74) is 5.85. The summed E-state index contributed by atoms with van der Waals surface area (Å²) in [6, 6.07) is 9.96. The van der Waals surface area contributed by atoms with E-state index in [4.69, 9.17) is 5.26 Å². The van der Waals surface area contributed by atoms with Crippen molar-refractivity contribution >= 4 is 0 Å². The van der Waals surface area contributed by atoms with E-state index in [1.54, 1.807) is 0 Å². The first-order valence-electron chi connectivity index (χ1n) is 5.74. The lowest BCUT2D eigenvalue weighted by Crippen LogP contribution is -2.00. The Labute approximate surface area is 102 Å². The van der Waals surface area contributed by atoms with Crippen molar-refractivity contribution < 1.29 is 0 Å². The van der Waals surface area contributed by atoms with E-state index >= 15 is 0 Å². The quantitative estimate of drug-likeness (QED) is 0.769. The fourth-order valence-corrected chi connectivity index (χ4v) is 2.03. The average molecular weight is 224 g/mol. The van der Waals surface area contributed by atoms with Gasteiger partial charge in [0, 0.05) is 18.4 Å². The van der Waals surface area contributed by atoms with Crippen LogP contribution in [0.4, 0.5) is 0 Å². The molecule has 2 heteroatoms. The molecule has 17 heavy (non-hydrogen) atoms.